The second-order valence-electron chi connectivity index (χ2n) is 7.90. The van der Waals surface area contributed by atoms with Gasteiger partial charge in [-0.2, -0.15) is 8.78 Å². The molecule has 1 saturated heterocycles. The predicted octanol–water partition coefficient (Wildman–Crippen LogP) is 1.93. The summed E-state index contributed by atoms with van der Waals surface area (Å²) in [6, 6.07) is 5.88. The van der Waals surface area contributed by atoms with Crippen LogP contribution in [-0.4, -0.2) is 40.0 Å². The molecule has 2 atom stereocenters. The molecule has 33 heavy (non-hydrogen) atoms. The molecule has 3 amide bonds. The van der Waals surface area contributed by atoms with Crippen LogP contribution in [0, 0.1) is 11.6 Å². The number of amides is 3. The molecule has 0 bridgehead atoms. The first-order valence-electron chi connectivity index (χ1n) is 10.1. The van der Waals surface area contributed by atoms with E-state index in [0.717, 1.165) is 6.07 Å². The highest BCUT2D eigenvalue weighted by Gasteiger charge is 2.45. The number of aliphatic hydroxyl groups excluding tert-OH is 1. The number of hydrogen-bond donors (Lipinski definition) is 3. The topological polar surface area (TPSA) is 98.7 Å². The van der Waals surface area contributed by atoms with E-state index >= 15 is 0 Å². The van der Waals surface area contributed by atoms with Crippen LogP contribution >= 0.6 is 0 Å². The van der Waals surface area contributed by atoms with E-state index in [9.17, 15) is 37.1 Å². The molecule has 0 aliphatic carbocycles. The number of piperidine rings is 1. The summed E-state index contributed by atoms with van der Waals surface area (Å²) in [6.07, 6.45) is -0.373. The zero-order chi connectivity index (χ0) is 23.9. The number of hydrogen-bond acceptors (Lipinski definition) is 4. The van der Waals surface area contributed by atoms with Gasteiger partial charge in [-0.05, 0) is 42.2 Å². The maximum Gasteiger partial charge on any atom is 0.355 e. The van der Waals surface area contributed by atoms with Crippen molar-refractivity contribution in [3.05, 3.63) is 70.3 Å². The summed E-state index contributed by atoms with van der Waals surface area (Å²) in [5, 5.41) is 13.9. The Bertz CT molecular complexity index is 1120. The largest absolute Gasteiger partial charge is 0.374 e. The first-order valence-corrected chi connectivity index (χ1v) is 10.1. The third-order valence-electron chi connectivity index (χ3n) is 5.72. The molecule has 2 aromatic rings. The number of nitrogens with one attached hydrogen (secondary N) is 2. The van der Waals surface area contributed by atoms with Gasteiger partial charge in [0.2, 0.25) is 5.91 Å². The zero-order valence-electron chi connectivity index (χ0n) is 17.1. The minimum atomic E-state index is -4.43. The van der Waals surface area contributed by atoms with Crippen molar-refractivity contribution in [1.29, 1.82) is 0 Å². The first kappa shape index (κ1) is 22.7. The van der Waals surface area contributed by atoms with E-state index in [0.29, 0.717) is 35.2 Å². The number of alkyl halides is 2. The number of aliphatic hydroxyl groups is 1. The number of carbonyl (C=O) groups excluding carboxylic acids is 3. The van der Waals surface area contributed by atoms with Crippen LogP contribution in [-0.2, 0) is 28.6 Å². The molecule has 3 N–H and O–H groups in total. The van der Waals surface area contributed by atoms with Crippen molar-refractivity contribution in [3.63, 3.8) is 0 Å². The standard InChI is InChI=1S/C22H19F4N3O4/c23-14-2-1-3-15(24)18(14)22(25,26)21(33)27-9-11-4-5-13-12(8-11)10-29(20(13)32)16-6-7-17(30)28-19(16)31/h1-5,8,16-17,30H,6-7,9-10H2,(H,27,33)(H,28,31)/t16?,17-/m0/s1. The minimum absolute atomic E-state index is 0.0979. The van der Waals surface area contributed by atoms with Crippen molar-refractivity contribution in [2.24, 2.45) is 0 Å². The van der Waals surface area contributed by atoms with Crippen molar-refractivity contribution in [2.75, 3.05) is 0 Å². The molecule has 2 aliphatic heterocycles. The van der Waals surface area contributed by atoms with Crippen LogP contribution in [0.1, 0.15) is 39.9 Å². The molecule has 0 saturated carbocycles. The molecular formula is C22H19F4N3O4. The fourth-order valence-corrected chi connectivity index (χ4v) is 4.04. The lowest BCUT2D eigenvalue weighted by atomic mass is 10.0. The van der Waals surface area contributed by atoms with Crippen LogP contribution in [0.3, 0.4) is 0 Å². The summed E-state index contributed by atoms with van der Waals surface area (Å²) in [6.45, 7) is -0.275. The van der Waals surface area contributed by atoms with E-state index < -0.39 is 47.2 Å². The average molecular weight is 465 g/mol. The molecule has 174 valence electrons. The molecule has 2 heterocycles. The molecule has 0 spiro atoms. The number of nitrogens with zero attached hydrogens (tertiary/aromatic N) is 1. The Labute approximate surface area is 185 Å². The number of benzene rings is 2. The number of halogens is 4. The van der Waals surface area contributed by atoms with Crippen molar-refractivity contribution >= 4 is 17.7 Å². The van der Waals surface area contributed by atoms with E-state index in [1.165, 1.54) is 23.1 Å². The van der Waals surface area contributed by atoms with E-state index in [1.54, 1.807) is 0 Å². The van der Waals surface area contributed by atoms with Crippen LogP contribution in [0.2, 0.25) is 0 Å². The summed E-state index contributed by atoms with van der Waals surface area (Å²) >= 11 is 0. The summed E-state index contributed by atoms with van der Waals surface area (Å²) in [5.74, 6) is -10.2. The van der Waals surface area contributed by atoms with Gasteiger partial charge in [0.1, 0.15) is 29.5 Å². The molecular weight excluding hydrogens is 446 g/mol. The van der Waals surface area contributed by atoms with Crippen LogP contribution in [0.15, 0.2) is 36.4 Å². The van der Waals surface area contributed by atoms with Gasteiger partial charge < -0.3 is 20.6 Å². The van der Waals surface area contributed by atoms with Gasteiger partial charge in [-0.3, -0.25) is 14.4 Å². The third-order valence-corrected chi connectivity index (χ3v) is 5.72. The molecule has 4 rings (SSSR count). The third kappa shape index (κ3) is 4.15. The fourth-order valence-electron chi connectivity index (χ4n) is 4.04. The van der Waals surface area contributed by atoms with Crippen molar-refractivity contribution in [1.82, 2.24) is 15.5 Å². The highest BCUT2D eigenvalue weighted by atomic mass is 19.3. The summed E-state index contributed by atoms with van der Waals surface area (Å²) < 4.78 is 56.2. The van der Waals surface area contributed by atoms with Crippen molar-refractivity contribution in [2.45, 2.75) is 44.1 Å². The predicted molar refractivity (Wildman–Crippen MR) is 106 cm³/mol. The van der Waals surface area contributed by atoms with E-state index in [1.807, 2.05) is 5.32 Å². The Kier molecular flexibility index (Phi) is 5.83. The first-order chi connectivity index (χ1) is 15.6. The highest BCUT2D eigenvalue weighted by molar-refractivity contribution is 6.01. The van der Waals surface area contributed by atoms with Gasteiger partial charge >= 0.3 is 5.92 Å². The molecule has 7 nitrogen and oxygen atoms in total. The van der Waals surface area contributed by atoms with Gasteiger partial charge in [-0.15, -0.1) is 0 Å². The molecule has 0 aromatic heterocycles. The average Bonchev–Trinajstić information content (AvgIpc) is 3.07. The van der Waals surface area contributed by atoms with Gasteiger partial charge in [0.25, 0.3) is 11.8 Å². The second kappa shape index (κ2) is 8.47. The Balaban J connectivity index is 1.45. The highest BCUT2D eigenvalue weighted by Crippen LogP contribution is 2.33. The summed E-state index contributed by atoms with van der Waals surface area (Å²) in [5.41, 5.74) is -0.376. The van der Waals surface area contributed by atoms with Crippen molar-refractivity contribution < 1.29 is 37.1 Å². The second-order valence-corrected chi connectivity index (χ2v) is 7.90. The van der Waals surface area contributed by atoms with Crippen molar-refractivity contribution in [3.8, 4) is 0 Å². The van der Waals surface area contributed by atoms with E-state index in [-0.39, 0.29) is 25.4 Å². The van der Waals surface area contributed by atoms with Gasteiger partial charge in [0.05, 0.1) is 0 Å². The van der Waals surface area contributed by atoms with Gasteiger partial charge in [0, 0.05) is 18.7 Å². The molecule has 0 radical (unpaired) electrons. The molecule has 11 heteroatoms. The maximum atomic E-state index is 14.4. The summed E-state index contributed by atoms with van der Waals surface area (Å²) in [7, 11) is 0. The monoisotopic (exact) mass is 465 g/mol. The smallest absolute Gasteiger partial charge is 0.355 e. The van der Waals surface area contributed by atoms with Gasteiger partial charge in [-0.25, -0.2) is 8.78 Å². The molecule has 1 unspecified atom stereocenters. The number of carbonyl (C=O) groups is 3. The van der Waals surface area contributed by atoms with E-state index in [2.05, 4.69) is 5.32 Å². The van der Waals surface area contributed by atoms with Crippen LogP contribution in [0.5, 0.6) is 0 Å². The molecule has 2 aliphatic rings. The lowest BCUT2D eigenvalue weighted by Gasteiger charge is -2.32. The van der Waals surface area contributed by atoms with Gasteiger partial charge in [0.15, 0.2) is 0 Å². The lowest BCUT2D eigenvalue weighted by molar-refractivity contribution is -0.148. The Morgan fingerprint density at radius 3 is 2.52 bits per heavy atom. The van der Waals surface area contributed by atoms with Crippen LogP contribution in [0.25, 0.3) is 0 Å². The summed E-state index contributed by atoms with van der Waals surface area (Å²) in [4.78, 5) is 38.2. The Morgan fingerprint density at radius 2 is 1.85 bits per heavy atom. The Hall–Kier alpha value is -3.47. The van der Waals surface area contributed by atoms with Gasteiger partial charge in [-0.1, -0.05) is 18.2 Å². The normalized spacial score (nSPS) is 20.5. The van der Waals surface area contributed by atoms with Crippen LogP contribution in [0.4, 0.5) is 17.6 Å². The molecule has 1 fully saturated rings. The maximum absolute atomic E-state index is 14.4. The number of rotatable bonds is 5. The minimum Gasteiger partial charge on any atom is -0.374 e. The lowest BCUT2D eigenvalue weighted by Crippen LogP contribution is -2.54. The Morgan fingerprint density at radius 1 is 1.15 bits per heavy atom. The fraction of sp³-hybridized carbons (Fsp3) is 0.318. The number of fused-ring (bicyclic) bond motifs is 1. The van der Waals surface area contributed by atoms with E-state index in [4.69, 9.17) is 0 Å². The SMILES string of the molecule is O=C1N[C@@H](O)CCC1N1Cc2cc(CNC(=O)C(F)(F)c3c(F)cccc3F)ccc2C1=O. The van der Waals surface area contributed by atoms with Crippen LogP contribution < -0.4 is 10.6 Å². The molecule has 2 aromatic carbocycles. The quantitative estimate of drug-likeness (QED) is 0.588. The zero-order valence-corrected chi connectivity index (χ0v) is 17.1.